The van der Waals surface area contributed by atoms with Crippen LogP contribution in [0.25, 0.3) is 6.08 Å². The maximum atomic E-state index is 12.2. The fourth-order valence-electron chi connectivity index (χ4n) is 1.89. The Hall–Kier alpha value is -2.32. The van der Waals surface area contributed by atoms with Gasteiger partial charge in [-0.3, -0.25) is 14.5 Å². The average molecular weight is 337 g/mol. The van der Waals surface area contributed by atoms with Crippen LogP contribution in [0.3, 0.4) is 0 Å². The van der Waals surface area contributed by atoms with Gasteiger partial charge in [-0.1, -0.05) is 18.2 Å². The van der Waals surface area contributed by atoms with E-state index >= 15 is 0 Å². The van der Waals surface area contributed by atoms with Gasteiger partial charge in [-0.15, -0.1) is 0 Å². The number of carboxylic acids is 1. The number of ether oxygens (including phenoxy) is 2. The molecule has 0 spiro atoms. The molecule has 1 N–H and O–H groups in total. The summed E-state index contributed by atoms with van der Waals surface area (Å²) in [6, 6.07) is 6.71. The number of aliphatic carboxylic acids is 1. The predicted molar refractivity (Wildman–Crippen MR) is 84.1 cm³/mol. The molecule has 1 saturated heterocycles. The van der Waals surface area contributed by atoms with Gasteiger partial charge in [-0.05, 0) is 23.9 Å². The third kappa shape index (κ3) is 4.33. The Morgan fingerprint density at radius 1 is 1.35 bits per heavy atom. The summed E-state index contributed by atoms with van der Waals surface area (Å²) in [5, 5.41) is 8.32. The fraction of sp³-hybridized carbons (Fsp3) is 0.267. The molecule has 122 valence electrons. The van der Waals surface area contributed by atoms with Crippen LogP contribution in [0.2, 0.25) is 0 Å². The fourth-order valence-corrected chi connectivity index (χ4v) is 2.74. The van der Waals surface area contributed by atoms with E-state index in [1.165, 1.54) is 13.2 Å². The third-order valence-electron chi connectivity index (χ3n) is 2.95. The Morgan fingerprint density at radius 2 is 2.09 bits per heavy atom. The minimum atomic E-state index is -1.10. The van der Waals surface area contributed by atoms with Crippen LogP contribution in [-0.4, -0.2) is 54.0 Å². The molecule has 0 bridgehead atoms. The van der Waals surface area contributed by atoms with Gasteiger partial charge in [0, 0.05) is 12.7 Å². The molecule has 23 heavy (non-hydrogen) atoms. The zero-order valence-corrected chi connectivity index (χ0v) is 13.2. The summed E-state index contributed by atoms with van der Waals surface area (Å²) in [7, 11) is 1.49. The van der Waals surface area contributed by atoms with E-state index < -0.39 is 18.5 Å². The number of carboxylic acid groups (broad SMARTS) is 1. The molecule has 0 atom stereocenters. The van der Waals surface area contributed by atoms with Crippen LogP contribution < -0.4 is 4.74 Å². The summed E-state index contributed by atoms with van der Waals surface area (Å²) >= 11 is 0.831. The molecule has 0 saturated carbocycles. The summed E-state index contributed by atoms with van der Waals surface area (Å²) < 4.78 is 10.1. The monoisotopic (exact) mass is 337 g/mol. The van der Waals surface area contributed by atoms with E-state index in [0.29, 0.717) is 11.3 Å². The van der Waals surface area contributed by atoms with E-state index in [4.69, 9.17) is 14.6 Å². The molecule has 8 heteroatoms. The number of carbonyl (C=O) groups is 3. The number of amides is 2. The number of thioether (sulfide) groups is 1. The molecule has 1 aromatic carbocycles. The van der Waals surface area contributed by atoms with Crippen LogP contribution in [-0.2, 0) is 14.3 Å². The largest absolute Gasteiger partial charge is 0.481 e. The first kappa shape index (κ1) is 17.0. The first-order valence-electron chi connectivity index (χ1n) is 6.71. The van der Waals surface area contributed by atoms with Crippen molar-refractivity contribution in [2.75, 3.05) is 26.9 Å². The van der Waals surface area contributed by atoms with Crippen molar-refractivity contribution in [3.05, 3.63) is 34.7 Å². The summed E-state index contributed by atoms with van der Waals surface area (Å²) in [4.78, 5) is 36.1. The van der Waals surface area contributed by atoms with E-state index in [-0.39, 0.29) is 23.3 Å². The molecule has 2 amide bonds. The lowest BCUT2D eigenvalue weighted by atomic mass is 10.2. The van der Waals surface area contributed by atoms with Gasteiger partial charge < -0.3 is 14.6 Å². The lowest BCUT2D eigenvalue weighted by Gasteiger charge is -2.11. The van der Waals surface area contributed by atoms with E-state index in [1.807, 2.05) is 0 Å². The Morgan fingerprint density at radius 3 is 2.78 bits per heavy atom. The molecule has 0 unspecified atom stereocenters. The number of benzene rings is 1. The van der Waals surface area contributed by atoms with Crippen LogP contribution in [0, 0.1) is 0 Å². The molecular formula is C15H15NO6S. The highest BCUT2D eigenvalue weighted by molar-refractivity contribution is 8.18. The van der Waals surface area contributed by atoms with Gasteiger partial charge in [0.1, 0.15) is 5.75 Å². The molecule has 1 heterocycles. The highest BCUT2D eigenvalue weighted by atomic mass is 32.2. The molecule has 1 aliphatic heterocycles. The Balaban J connectivity index is 2.20. The van der Waals surface area contributed by atoms with E-state index in [2.05, 4.69) is 0 Å². The minimum Gasteiger partial charge on any atom is -0.481 e. The Labute approximate surface area is 136 Å². The number of hydrogen-bond donors (Lipinski definition) is 1. The van der Waals surface area contributed by atoms with Crippen molar-refractivity contribution >= 4 is 35.0 Å². The lowest BCUT2D eigenvalue weighted by Crippen LogP contribution is -2.31. The lowest BCUT2D eigenvalue weighted by molar-refractivity contribution is -0.139. The van der Waals surface area contributed by atoms with Crippen molar-refractivity contribution in [3.8, 4) is 5.75 Å². The first-order chi connectivity index (χ1) is 11.0. The zero-order chi connectivity index (χ0) is 16.8. The standard InChI is InChI=1S/C15H15NO6S/c1-21-7-6-16-14(19)12(23-15(16)20)8-10-4-2-3-5-11(10)22-9-13(17)18/h2-5,8H,6-7,9H2,1H3,(H,17,18)/b12-8+. The van der Waals surface area contributed by atoms with Crippen LogP contribution in [0.5, 0.6) is 5.75 Å². The second kappa shape index (κ2) is 7.80. The molecule has 2 rings (SSSR count). The number of carbonyl (C=O) groups excluding carboxylic acids is 2. The van der Waals surface area contributed by atoms with Crippen molar-refractivity contribution in [2.45, 2.75) is 0 Å². The molecule has 1 fully saturated rings. The maximum absolute atomic E-state index is 12.2. The third-order valence-corrected chi connectivity index (χ3v) is 3.86. The first-order valence-corrected chi connectivity index (χ1v) is 7.52. The summed E-state index contributed by atoms with van der Waals surface area (Å²) in [5.41, 5.74) is 0.533. The van der Waals surface area contributed by atoms with E-state index in [1.54, 1.807) is 24.3 Å². The number of para-hydroxylation sites is 1. The highest BCUT2D eigenvalue weighted by Crippen LogP contribution is 2.33. The van der Waals surface area contributed by atoms with Crippen LogP contribution in [0.1, 0.15) is 5.56 Å². The number of hydrogen-bond acceptors (Lipinski definition) is 6. The molecule has 0 radical (unpaired) electrons. The van der Waals surface area contributed by atoms with E-state index in [9.17, 15) is 14.4 Å². The van der Waals surface area contributed by atoms with Gasteiger partial charge in [0.05, 0.1) is 18.1 Å². The van der Waals surface area contributed by atoms with Crippen LogP contribution in [0.4, 0.5) is 4.79 Å². The summed E-state index contributed by atoms with van der Waals surface area (Å²) in [6.45, 7) is -0.0283. The molecule has 1 aliphatic rings. The van der Waals surface area contributed by atoms with Gasteiger partial charge in [0.2, 0.25) is 0 Å². The second-order valence-corrected chi connectivity index (χ2v) is 5.54. The number of nitrogens with zero attached hydrogens (tertiary/aromatic N) is 1. The molecule has 7 nitrogen and oxygen atoms in total. The molecular weight excluding hydrogens is 322 g/mol. The highest BCUT2D eigenvalue weighted by Gasteiger charge is 2.34. The molecule has 1 aromatic rings. The number of imide groups is 1. The summed E-state index contributed by atoms with van der Waals surface area (Å²) in [6.07, 6.45) is 1.52. The number of methoxy groups -OCH3 is 1. The van der Waals surface area contributed by atoms with Gasteiger partial charge in [-0.25, -0.2) is 4.79 Å². The average Bonchev–Trinajstić information content (AvgIpc) is 2.78. The Bertz CT molecular complexity index is 657. The molecule has 0 aliphatic carbocycles. The Kier molecular flexibility index (Phi) is 5.78. The zero-order valence-electron chi connectivity index (χ0n) is 12.4. The minimum absolute atomic E-state index is 0.190. The normalized spacial score (nSPS) is 16.2. The van der Waals surface area contributed by atoms with Crippen molar-refractivity contribution in [3.63, 3.8) is 0 Å². The topological polar surface area (TPSA) is 93.1 Å². The van der Waals surface area contributed by atoms with Crippen molar-refractivity contribution in [2.24, 2.45) is 0 Å². The van der Waals surface area contributed by atoms with Crippen molar-refractivity contribution in [1.29, 1.82) is 0 Å². The van der Waals surface area contributed by atoms with Gasteiger partial charge in [0.15, 0.2) is 6.61 Å². The van der Waals surface area contributed by atoms with Crippen molar-refractivity contribution in [1.82, 2.24) is 4.90 Å². The van der Waals surface area contributed by atoms with Gasteiger partial charge in [-0.2, -0.15) is 0 Å². The van der Waals surface area contributed by atoms with Crippen LogP contribution in [0.15, 0.2) is 29.2 Å². The maximum Gasteiger partial charge on any atom is 0.341 e. The van der Waals surface area contributed by atoms with E-state index in [0.717, 1.165) is 16.7 Å². The second-order valence-electron chi connectivity index (χ2n) is 4.55. The summed E-state index contributed by atoms with van der Waals surface area (Å²) in [5.74, 6) is -1.16. The molecule has 0 aromatic heterocycles. The van der Waals surface area contributed by atoms with Gasteiger partial charge >= 0.3 is 5.97 Å². The smallest absolute Gasteiger partial charge is 0.341 e. The SMILES string of the molecule is COCCN1C(=O)S/C(=C/c2ccccc2OCC(=O)O)C1=O. The predicted octanol–water partition coefficient (Wildman–Crippen LogP) is 1.83. The number of rotatable bonds is 7. The van der Waals surface area contributed by atoms with Crippen LogP contribution >= 0.6 is 11.8 Å². The van der Waals surface area contributed by atoms with Crippen molar-refractivity contribution < 1.29 is 29.0 Å². The quantitative estimate of drug-likeness (QED) is 0.759. The van der Waals surface area contributed by atoms with Gasteiger partial charge in [0.25, 0.3) is 11.1 Å².